The molecule has 0 spiro atoms. The number of nitrogens with zero attached hydrogens (tertiary/aromatic N) is 4. The molecule has 0 atom stereocenters. The van der Waals surface area contributed by atoms with Gasteiger partial charge in [-0.2, -0.15) is 0 Å². The number of thioether (sulfide) groups is 1. The number of methoxy groups -OCH3 is 1. The summed E-state index contributed by atoms with van der Waals surface area (Å²) in [7, 11) is 1.61. The maximum absolute atomic E-state index is 13.0. The van der Waals surface area contributed by atoms with Gasteiger partial charge in [-0.25, -0.2) is 4.39 Å². The van der Waals surface area contributed by atoms with E-state index in [4.69, 9.17) is 4.74 Å². The number of benzene rings is 2. The van der Waals surface area contributed by atoms with E-state index in [1.54, 1.807) is 19.5 Å². The monoisotopic (exact) mass is 435 g/mol. The van der Waals surface area contributed by atoms with Gasteiger partial charge in [-0.15, -0.1) is 10.2 Å². The second kappa shape index (κ2) is 9.40. The van der Waals surface area contributed by atoms with Crippen molar-refractivity contribution in [3.8, 4) is 22.8 Å². The molecule has 0 saturated heterocycles. The average Bonchev–Trinajstić information content (AvgIpc) is 3.24. The molecule has 0 saturated carbocycles. The molecule has 1 amide bonds. The van der Waals surface area contributed by atoms with Crippen LogP contribution in [0.1, 0.15) is 0 Å². The summed E-state index contributed by atoms with van der Waals surface area (Å²) in [6.45, 7) is 0. The normalized spacial score (nSPS) is 10.6. The lowest BCUT2D eigenvalue weighted by Gasteiger charge is -2.11. The number of ether oxygens (including phenoxy) is 1. The minimum Gasteiger partial charge on any atom is -0.497 e. The standard InChI is InChI=1S/C22H18FN5O2S/c1-30-19-10-8-18(9-11-19)28-21(15-3-2-12-24-13-15)26-27-22(28)31-14-20(29)25-17-6-4-16(23)5-7-17/h2-13H,14H2,1H3,(H,25,29). The number of halogens is 1. The maximum atomic E-state index is 13.0. The van der Waals surface area contributed by atoms with Gasteiger partial charge in [-0.05, 0) is 60.7 Å². The van der Waals surface area contributed by atoms with Crippen molar-refractivity contribution < 1.29 is 13.9 Å². The Morgan fingerprint density at radius 1 is 1.10 bits per heavy atom. The minimum atomic E-state index is -0.358. The van der Waals surface area contributed by atoms with Gasteiger partial charge in [0, 0.05) is 29.3 Å². The van der Waals surface area contributed by atoms with Crippen molar-refractivity contribution in [1.29, 1.82) is 0 Å². The zero-order valence-corrected chi connectivity index (χ0v) is 17.3. The molecule has 9 heteroatoms. The van der Waals surface area contributed by atoms with Crippen molar-refractivity contribution in [2.75, 3.05) is 18.2 Å². The largest absolute Gasteiger partial charge is 0.497 e. The molecule has 0 aliphatic heterocycles. The summed E-state index contributed by atoms with van der Waals surface area (Å²) in [5.74, 6) is 0.859. The van der Waals surface area contributed by atoms with Crippen molar-refractivity contribution >= 4 is 23.4 Å². The Morgan fingerprint density at radius 2 is 1.87 bits per heavy atom. The van der Waals surface area contributed by atoms with Crippen LogP contribution in [0.2, 0.25) is 0 Å². The molecule has 2 aromatic heterocycles. The number of rotatable bonds is 7. The minimum absolute atomic E-state index is 0.110. The third-order valence-corrected chi connectivity index (χ3v) is 5.27. The summed E-state index contributed by atoms with van der Waals surface area (Å²) in [5.41, 5.74) is 2.15. The lowest BCUT2D eigenvalue weighted by Crippen LogP contribution is -2.14. The summed E-state index contributed by atoms with van der Waals surface area (Å²) in [5, 5.41) is 11.9. The average molecular weight is 435 g/mol. The van der Waals surface area contributed by atoms with Gasteiger partial charge in [-0.1, -0.05) is 11.8 Å². The van der Waals surface area contributed by atoms with Crippen LogP contribution in [0.5, 0.6) is 5.75 Å². The van der Waals surface area contributed by atoms with Gasteiger partial charge in [0.1, 0.15) is 11.6 Å². The Bertz CT molecular complexity index is 1160. The van der Waals surface area contributed by atoms with Gasteiger partial charge in [0.25, 0.3) is 0 Å². The van der Waals surface area contributed by atoms with Crippen LogP contribution in [0.3, 0.4) is 0 Å². The first-order valence-electron chi connectivity index (χ1n) is 9.32. The van der Waals surface area contributed by atoms with Gasteiger partial charge in [0.2, 0.25) is 5.91 Å². The molecule has 31 heavy (non-hydrogen) atoms. The zero-order valence-electron chi connectivity index (χ0n) is 16.5. The molecule has 2 aromatic carbocycles. The highest BCUT2D eigenvalue weighted by atomic mass is 32.2. The zero-order chi connectivity index (χ0) is 21.6. The number of nitrogens with one attached hydrogen (secondary N) is 1. The van der Waals surface area contributed by atoms with Gasteiger partial charge in [0.15, 0.2) is 11.0 Å². The molecule has 0 fully saturated rings. The van der Waals surface area contributed by atoms with Crippen LogP contribution >= 0.6 is 11.8 Å². The SMILES string of the molecule is COc1ccc(-n2c(SCC(=O)Nc3ccc(F)cc3)nnc2-c2cccnc2)cc1. The number of carbonyl (C=O) groups excluding carboxylic acids is 1. The molecule has 156 valence electrons. The molecule has 7 nitrogen and oxygen atoms in total. The molecule has 1 N–H and O–H groups in total. The van der Waals surface area contributed by atoms with E-state index in [1.165, 1.54) is 36.0 Å². The fourth-order valence-corrected chi connectivity index (χ4v) is 3.62. The molecule has 4 rings (SSSR count). The quantitative estimate of drug-likeness (QED) is 0.438. The van der Waals surface area contributed by atoms with Crippen LogP contribution in [0.15, 0.2) is 78.2 Å². The highest BCUT2D eigenvalue weighted by Gasteiger charge is 2.17. The van der Waals surface area contributed by atoms with Crippen LogP contribution in [0.25, 0.3) is 17.1 Å². The summed E-state index contributed by atoms with van der Waals surface area (Å²) in [6, 6.07) is 16.8. The van der Waals surface area contributed by atoms with E-state index in [0.29, 0.717) is 16.7 Å². The Morgan fingerprint density at radius 3 is 2.55 bits per heavy atom. The first kappa shape index (κ1) is 20.5. The molecule has 0 radical (unpaired) electrons. The molecule has 0 aliphatic rings. The molecular formula is C22H18FN5O2S. The summed E-state index contributed by atoms with van der Waals surface area (Å²) < 4.78 is 20.2. The maximum Gasteiger partial charge on any atom is 0.234 e. The van der Waals surface area contributed by atoms with Gasteiger partial charge in [-0.3, -0.25) is 14.3 Å². The van der Waals surface area contributed by atoms with Crippen molar-refractivity contribution in [3.05, 3.63) is 78.9 Å². The van der Waals surface area contributed by atoms with E-state index < -0.39 is 0 Å². The number of aromatic nitrogens is 4. The van der Waals surface area contributed by atoms with E-state index in [9.17, 15) is 9.18 Å². The van der Waals surface area contributed by atoms with Gasteiger partial charge < -0.3 is 10.1 Å². The number of carbonyl (C=O) groups is 1. The molecular weight excluding hydrogens is 417 g/mol. The topological polar surface area (TPSA) is 81.9 Å². The first-order chi connectivity index (χ1) is 15.1. The van der Waals surface area contributed by atoms with Crippen LogP contribution in [0.4, 0.5) is 10.1 Å². The Labute approximate surface area is 182 Å². The summed E-state index contributed by atoms with van der Waals surface area (Å²) in [6.07, 6.45) is 3.40. The van der Waals surface area contributed by atoms with Crippen molar-refractivity contribution in [3.63, 3.8) is 0 Å². The summed E-state index contributed by atoms with van der Waals surface area (Å²) in [4.78, 5) is 16.5. The van der Waals surface area contributed by atoms with Crippen LogP contribution in [0, 0.1) is 5.82 Å². The number of pyridine rings is 1. The van der Waals surface area contributed by atoms with E-state index in [0.717, 1.165) is 17.0 Å². The molecule has 4 aromatic rings. The third-order valence-electron chi connectivity index (χ3n) is 4.34. The smallest absolute Gasteiger partial charge is 0.234 e. The Kier molecular flexibility index (Phi) is 6.23. The number of hydrogen-bond acceptors (Lipinski definition) is 6. The fourth-order valence-electron chi connectivity index (χ4n) is 2.87. The number of amides is 1. The van der Waals surface area contributed by atoms with Crippen LogP contribution in [-0.2, 0) is 4.79 Å². The van der Waals surface area contributed by atoms with Crippen LogP contribution in [-0.4, -0.2) is 38.5 Å². The summed E-state index contributed by atoms with van der Waals surface area (Å²) >= 11 is 1.25. The Hall–Kier alpha value is -3.72. The van der Waals surface area contributed by atoms with Crippen molar-refractivity contribution in [2.45, 2.75) is 5.16 Å². The first-order valence-corrected chi connectivity index (χ1v) is 10.3. The third kappa shape index (κ3) is 4.89. The number of hydrogen-bond donors (Lipinski definition) is 1. The van der Waals surface area contributed by atoms with E-state index in [1.807, 2.05) is 41.0 Å². The molecule has 2 heterocycles. The molecule has 0 unspecified atom stereocenters. The predicted octanol–water partition coefficient (Wildman–Crippen LogP) is 4.21. The lowest BCUT2D eigenvalue weighted by atomic mass is 10.2. The molecule has 0 bridgehead atoms. The van der Waals surface area contributed by atoms with Gasteiger partial charge in [0.05, 0.1) is 12.9 Å². The van der Waals surface area contributed by atoms with E-state index >= 15 is 0 Å². The molecule has 0 aliphatic carbocycles. The highest BCUT2D eigenvalue weighted by Crippen LogP contribution is 2.28. The fraction of sp³-hybridized carbons (Fsp3) is 0.0909. The predicted molar refractivity (Wildman–Crippen MR) is 117 cm³/mol. The van der Waals surface area contributed by atoms with Gasteiger partial charge >= 0.3 is 0 Å². The lowest BCUT2D eigenvalue weighted by molar-refractivity contribution is -0.113. The second-order valence-electron chi connectivity index (χ2n) is 6.43. The van der Waals surface area contributed by atoms with Crippen molar-refractivity contribution in [2.24, 2.45) is 0 Å². The second-order valence-corrected chi connectivity index (χ2v) is 7.37. The Balaban J connectivity index is 1.58. The van der Waals surface area contributed by atoms with Crippen molar-refractivity contribution in [1.82, 2.24) is 19.7 Å². The van der Waals surface area contributed by atoms with E-state index in [-0.39, 0.29) is 17.5 Å². The number of anilines is 1. The van der Waals surface area contributed by atoms with E-state index in [2.05, 4.69) is 20.5 Å². The highest BCUT2D eigenvalue weighted by molar-refractivity contribution is 7.99. The van der Waals surface area contributed by atoms with Crippen LogP contribution < -0.4 is 10.1 Å².